The number of aromatic hydroxyl groups is 1. The predicted octanol–water partition coefficient (Wildman–Crippen LogP) is 2.81. The minimum atomic E-state index is -1.26. The van der Waals surface area contributed by atoms with Crippen molar-refractivity contribution in [3.05, 3.63) is 59.4 Å². The minimum absolute atomic E-state index is 0.0321. The number of benzene rings is 2. The van der Waals surface area contributed by atoms with Crippen molar-refractivity contribution in [2.75, 3.05) is 0 Å². The van der Waals surface area contributed by atoms with Crippen molar-refractivity contribution < 1.29 is 24.1 Å². The average molecular weight is 262 g/mol. The highest BCUT2D eigenvalue weighted by atomic mass is 19.1. The fraction of sp³-hybridized carbons (Fsp3) is 0.0714. The molecule has 2 N–H and O–H groups in total. The highest BCUT2D eigenvalue weighted by Crippen LogP contribution is 2.24. The summed E-state index contributed by atoms with van der Waals surface area (Å²) in [5.41, 5.74) is 0.375. The summed E-state index contributed by atoms with van der Waals surface area (Å²) in [4.78, 5) is 11.0. The summed E-state index contributed by atoms with van der Waals surface area (Å²) in [6.07, 6.45) is 0. The highest BCUT2D eigenvalue weighted by molar-refractivity contribution is 5.90. The molecule has 2 aromatic rings. The van der Waals surface area contributed by atoms with Crippen LogP contribution in [0.2, 0.25) is 0 Å². The first-order chi connectivity index (χ1) is 9.08. The number of hydrogen-bond acceptors (Lipinski definition) is 3. The van der Waals surface area contributed by atoms with Gasteiger partial charge in [0.15, 0.2) is 11.6 Å². The molecule has 0 fully saturated rings. The van der Waals surface area contributed by atoms with Crippen LogP contribution in [0.15, 0.2) is 42.5 Å². The fourth-order valence-electron chi connectivity index (χ4n) is 1.63. The molecule has 0 bridgehead atoms. The Hall–Kier alpha value is -2.56. The Morgan fingerprint density at radius 1 is 1.21 bits per heavy atom. The lowest BCUT2D eigenvalue weighted by molar-refractivity contribution is 0.0690. The third-order valence-electron chi connectivity index (χ3n) is 2.49. The number of halogens is 1. The molecule has 2 aromatic carbocycles. The van der Waals surface area contributed by atoms with Crippen LogP contribution >= 0.6 is 0 Å². The number of ether oxygens (including phenoxy) is 1. The topological polar surface area (TPSA) is 66.8 Å². The lowest BCUT2D eigenvalue weighted by Gasteiger charge is -2.10. The van der Waals surface area contributed by atoms with Gasteiger partial charge < -0.3 is 14.9 Å². The molecular weight excluding hydrogens is 251 g/mol. The van der Waals surface area contributed by atoms with Crippen LogP contribution in [0.25, 0.3) is 0 Å². The van der Waals surface area contributed by atoms with Crippen LogP contribution in [0, 0.1) is 5.82 Å². The van der Waals surface area contributed by atoms with Crippen molar-refractivity contribution in [1.29, 1.82) is 0 Å². The van der Waals surface area contributed by atoms with Gasteiger partial charge in [0.25, 0.3) is 0 Å². The number of carbonyl (C=O) groups is 1. The molecule has 0 aliphatic heterocycles. The predicted molar refractivity (Wildman–Crippen MR) is 65.8 cm³/mol. The van der Waals surface area contributed by atoms with E-state index in [1.807, 2.05) is 0 Å². The molecule has 0 spiro atoms. The van der Waals surface area contributed by atoms with Gasteiger partial charge >= 0.3 is 5.97 Å². The maximum atomic E-state index is 13.6. The van der Waals surface area contributed by atoms with E-state index in [0.29, 0.717) is 5.56 Å². The molecule has 0 amide bonds. The van der Waals surface area contributed by atoms with E-state index in [1.165, 1.54) is 24.3 Å². The summed E-state index contributed by atoms with van der Waals surface area (Å²) in [6, 6.07) is 9.96. The van der Waals surface area contributed by atoms with Crippen molar-refractivity contribution in [3.63, 3.8) is 0 Å². The minimum Gasteiger partial charge on any atom is -0.508 e. The molecule has 0 saturated heterocycles. The fourth-order valence-corrected chi connectivity index (χ4v) is 1.63. The van der Waals surface area contributed by atoms with Gasteiger partial charge in [-0.25, -0.2) is 9.18 Å². The maximum Gasteiger partial charge on any atom is 0.339 e. The van der Waals surface area contributed by atoms with Crippen LogP contribution < -0.4 is 4.74 Å². The van der Waals surface area contributed by atoms with Crippen LogP contribution in [0.5, 0.6) is 11.5 Å². The van der Waals surface area contributed by atoms with Gasteiger partial charge in [-0.2, -0.15) is 0 Å². The molecule has 0 atom stereocenters. The van der Waals surface area contributed by atoms with Crippen LogP contribution in [0.4, 0.5) is 4.39 Å². The number of carboxylic acids is 1. The molecule has 2 rings (SSSR count). The molecule has 0 heterocycles. The number of phenols is 1. The van der Waals surface area contributed by atoms with E-state index >= 15 is 0 Å². The summed E-state index contributed by atoms with van der Waals surface area (Å²) in [6.45, 7) is -0.0321. The third-order valence-corrected chi connectivity index (χ3v) is 2.49. The Morgan fingerprint density at radius 2 is 1.95 bits per heavy atom. The SMILES string of the molecule is O=C(O)c1cccc(F)c1OCc1cccc(O)c1. The number of rotatable bonds is 4. The van der Waals surface area contributed by atoms with Crippen molar-refractivity contribution >= 4 is 5.97 Å². The Labute approximate surface area is 108 Å². The van der Waals surface area contributed by atoms with Crippen molar-refractivity contribution in [1.82, 2.24) is 0 Å². The zero-order valence-electron chi connectivity index (χ0n) is 9.84. The van der Waals surface area contributed by atoms with Gasteiger partial charge in [0.2, 0.25) is 0 Å². The first-order valence-electron chi connectivity index (χ1n) is 5.50. The summed E-state index contributed by atoms with van der Waals surface area (Å²) >= 11 is 0. The second kappa shape index (κ2) is 5.39. The zero-order chi connectivity index (χ0) is 13.8. The molecule has 4 nitrogen and oxygen atoms in total. The maximum absolute atomic E-state index is 13.6. The lowest BCUT2D eigenvalue weighted by Crippen LogP contribution is -2.05. The Bertz CT molecular complexity index is 610. The van der Waals surface area contributed by atoms with Crippen LogP contribution in [-0.4, -0.2) is 16.2 Å². The third kappa shape index (κ3) is 3.01. The number of hydrogen-bond donors (Lipinski definition) is 2. The summed E-state index contributed by atoms with van der Waals surface area (Å²) in [5.74, 6) is -2.24. The molecule has 0 aliphatic rings. The van der Waals surface area contributed by atoms with E-state index in [0.717, 1.165) is 6.07 Å². The van der Waals surface area contributed by atoms with Gasteiger partial charge in [0.05, 0.1) is 0 Å². The molecule has 0 saturated carbocycles. The summed E-state index contributed by atoms with van der Waals surface area (Å²) < 4.78 is 18.8. The quantitative estimate of drug-likeness (QED) is 0.889. The van der Waals surface area contributed by atoms with Crippen LogP contribution in [0.3, 0.4) is 0 Å². The second-order valence-corrected chi connectivity index (χ2v) is 3.88. The van der Waals surface area contributed by atoms with Crippen LogP contribution in [0.1, 0.15) is 15.9 Å². The summed E-state index contributed by atoms with van der Waals surface area (Å²) in [5, 5.41) is 18.2. The monoisotopic (exact) mass is 262 g/mol. The van der Waals surface area contributed by atoms with E-state index in [2.05, 4.69) is 0 Å². The molecule has 19 heavy (non-hydrogen) atoms. The van der Waals surface area contributed by atoms with Gasteiger partial charge in [-0.05, 0) is 29.8 Å². The number of carboxylic acid groups (broad SMARTS) is 1. The normalized spacial score (nSPS) is 10.2. The van der Waals surface area contributed by atoms with E-state index in [-0.39, 0.29) is 23.7 Å². The van der Waals surface area contributed by atoms with E-state index in [1.54, 1.807) is 12.1 Å². The average Bonchev–Trinajstić information content (AvgIpc) is 2.37. The molecule has 5 heteroatoms. The van der Waals surface area contributed by atoms with Gasteiger partial charge in [-0.3, -0.25) is 0 Å². The standard InChI is InChI=1S/C14H11FO4/c15-12-6-2-5-11(14(17)18)13(12)19-8-9-3-1-4-10(16)7-9/h1-7,16H,8H2,(H,17,18). The second-order valence-electron chi connectivity index (χ2n) is 3.88. The van der Waals surface area contributed by atoms with Gasteiger partial charge in [0.1, 0.15) is 17.9 Å². The van der Waals surface area contributed by atoms with Crippen molar-refractivity contribution in [2.24, 2.45) is 0 Å². The van der Waals surface area contributed by atoms with Crippen LogP contribution in [-0.2, 0) is 6.61 Å². The molecular formula is C14H11FO4. The van der Waals surface area contributed by atoms with Crippen molar-refractivity contribution in [2.45, 2.75) is 6.61 Å². The van der Waals surface area contributed by atoms with E-state index in [9.17, 15) is 14.3 Å². The Balaban J connectivity index is 2.22. The molecule has 98 valence electrons. The number of aromatic carboxylic acids is 1. The van der Waals surface area contributed by atoms with Crippen molar-refractivity contribution in [3.8, 4) is 11.5 Å². The number of para-hydroxylation sites is 1. The Morgan fingerprint density at radius 3 is 2.63 bits per heavy atom. The smallest absolute Gasteiger partial charge is 0.339 e. The van der Waals surface area contributed by atoms with Gasteiger partial charge in [-0.15, -0.1) is 0 Å². The zero-order valence-corrected chi connectivity index (χ0v) is 9.84. The first kappa shape index (κ1) is 12.9. The molecule has 0 aromatic heterocycles. The summed E-state index contributed by atoms with van der Waals surface area (Å²) in [7, 11) is 0. The van der Waals surface area contributed by atoms with Gasteiger partial charge in [-0.1, -0.05) is 18.2 Å². The molecule has 0 aliphatic carbocycles. The lowest BCUT2D eigenvalue weighted by atomic mass is 10.2. The Kier molecular flexibility index (Phi) is 3.66. The molecule has 0 unspecified atom stereocenters. The van der Waals surface area contributed by atoms with E-state index in [4.69, 9.17) is 9.84 Å². The highest BCUT2D eigenvalue weighted by Gasteiger charge is 2.15. The first-order valence-corrected chi connectivity index (χ1v) is 5.50. The van der Waals surface area contributed by atoms with Gasteiger partial charge in [0, 0.05) is 0 Å². The number of phenolic OH excluding ortho intramolecular Hbond substituents is 1. The largest absolute Gasteiger partial charge is 0.508 e. The van der Waals surface area contributed by atoms with E-state index < -0.39 is 11.8 Å². The molecule has 0 radical (unpaired) electrons.